The van der Waals surface area contributed by atoms with Crippen LogP contribution in [0.1, 0.15) is 31.2 Å². The molecule has 2 fully saturated rings. The van der Waals surface area contributed by atoms with Crippen LogP contribution in [0.2, 0.25) is 0 Å². The lowest BCUT2D eigenvalue weighted by Gasteiger charge is -2.23. The highest BCUT2D eigenvalue weighted by atomic mass is 16.2. The highest BCUT2D eigenvalue weighted by Crippen LogP contribution is 2.44. The lowest BCUT2D eigenvalue weighted by molar-refractivity contribution is -0.143. The summed E-state index contributed by atoms with van der Waals surface area (Å²) in [4.78, 5) is 38.1. The number of nitrogens with zero attached hydrogens (tertiary/aromatic N) is 2. The molecule has 1 saturated carbocycles. The number of hydrogen-bond donors (Lipinski definition) is 1. The first kappa shape index (κ1) is 16.2. The van der Waals surface area contributed by atoms with E-state index in [1.165, 1.54) is 4.90 Å². The number of hydrogen-bond acceptors (Lipinski definition) is 4. The van der Waals surface area contributed by atoms with Crippen LogP contribution in [0.15, 0.2) is 30.3 Å². The van der Waals surface area contributed by atoms with E-state index in [4.69, 9.17) is 5.26 Å². The number of likely N-dealkylation sites (tertiary alicyclic amines) is 1. The van der Waals surface area contributed by atoms with Gasteiger partial charge in [-0.1, -0.05) is 30.3 Å². The van der Waals surface area contributed by atoms with Crippen molar-refractivity contribution in [3.05, 3.63) is 35.9 Å². The third-order valence-corrected chi connectivity index (χ3v) is 4.73. The second-order valence-electron chi connectivity index (χ2n) is 6.50. The van der Waals surface area contributed by atoms with E-state index in [0.29, 0.717) is 13.0 Å². The number of carbonyl (C=O) groups is 3. The molecule has 0 radical (unpaired) electrons. The molecule has 1 aromatic carbocycles. The zero-order valence-corrected chi connectivity index (χ0v) is 13.3. The monoisotopic (exact) mass is 325 g/mol. The molecule has 0 spiro atoms. The summed E-state index contributed by atoms with van der Waals surface area (Å²) in [5, 5.41) is 11.6. The number of nitrogens with one attached hydrogen (secondary N) is 1. The Bertz CT molecular complexity index is 704. The molecule has 1 N–H and O–H groups in total. The highest BCUT2D eigenvalue weighted by Gasteiger charge is 2.44. The number of Topliss-reactive ketones (excluding diaryl/α,β-unsaturated/α-hetero) is 1. The van der Waals surface area contributed by atoms with Crippen molar-refractivity contribution in [2.24, 2.45) is 5.41 Å². The Hall–Kier alpha value is -2.68. The Labute approximate surface area is 140 Å². The maximum absolute atomic E-state index is 12.4. The van der Waals surface area contributed by atoms with Gasteiger partial charge >= 0.3 is 0 Å². The summed E-state index contributed by atoms with van der Waals surface area (Å²) in [5.41, 5.74) is 0.429. The van der Waals surface area contributed by atoms with Crippen molar-refractivity contribution in [2.45, 2.75) is 38.3 Å². The predicted octanol–water partition coefficient (Wildman–Crippen LogP) is 1.17. The van der Waals surface area contributed by atoms with Crippen molar-refractivity contribution in [2.75, 3.05) is 6.54 Å². The second-order valence-corrected chi connectivity index (χ2v) is 6.50. The molecule has 1 aliphatic carbocycles. The number of nitriles is 1. The number of rotatable bonds is 6. The molecule has 0 aromatic heterocycles. The van der Waals surface area contributed by atoms with Gasteiger partial charge < -0.3 is 10.2 Å². The van der Waals surface area contributed by atoms with Crippen LogP contribution in [-0.2, 0) is 20.9 Å². The normalized spacial score (nSPS) is 21.2. The van der Waals surface area contributed by atoms with Gasteiger partial charge in [0.25, 0.3) is 5.91 Å². The van der Waals surface area contributed by atoms with Crippen LogP contribution in [0.4, 0.5) is 0 Å². The number of amides is 2. The standard InChI is InChI=1S/C18H19N3O3/c19-11-18(8-9-18)12-20-17(24)16(23)14-6-7-15(22)21(14)10-13-4-2-1-3-5-13/h1-5,14H,6-10,12H2,(H,20,24)/t14-/m1/s1. The molecule has 3 rings (SSSR count). The van der Waals surface area contributed by atoms with E-state index >= 15 is 0 Å². The van der Waals surface area contributed by atoms with E-state index < -0.39 is 23.1 Å². The molecule has 0 unspecified atom stereocenters. The van der Waals surface area contributed by atoms with Crippen LogP contribution < -0.4 is 5.32 Å². The number of ketones is 1. The zero-order valence-electron chi connectivity index (χ0n) is 13.3. The molecule has 0 bridgehead atoms. The molecule has 1 aromatic rings. The van der Waals surface area contributed by atoms with E-state index in [1.807, 2.05) is 30.3 Å². The Kier molecular flexibility index (Phi) is 4.34. The quantitative estimate of drug-likeness (QED) is 0.795. The van der Waals surface area contributed by atoms with Crippen molar-refractivity contribution in [1.29, 1.82) is 5.26 Å². The van der Waals surface area contributed by atoms with Gasteiger partial charge in [-0.3, -0.25) is 14.4 Å². The third kappa shape index (κ3) is 3.30. The minimum Gasteiger partial charge on any atom is -0.348 e. The van der Waals surface area contributed by atoms with Crippen LogP contribution in [-0.4, -0.2) is 35.1 Å². The topological polar surface area (TPSA) is 90.3 Å². The maximum Gasteiger partial charge on any atom is 0.289 e. The molecule has 6 heteroatoms. The Balaban J connectivity index is 1.63. The minimum atomic E-state index is -0.713. The summed E-state index contributed by atoms with van der Waals surface area (Å²) in [6.07, 6.45) is 2.14. The Morgan fingerprint density at radius 1 is 1.29 bits per heavy atom. The van der Waals surface area contributed by atoms with Gasteiger partial charge in [0.1, 0.15) is 6.04 Å². The molecule has 2 aliphatic rings. The molecular weight excluding hydrogens is 306 g/mol. The average molecular weight is 325 g/mol. The van der Waals surface area contributed by atoms with Gasteiger partial charge in [-0.05, 0) is 24.8 Å². The molecule has 24 heavy (non-hydrogen) atoms. The average Bonchev–Trinajstić information content (AvgIpc) is 3.31. The van der Waals surface area contributed by atoms with E-state index in [-0.39, 0.29) is 18.9 Å². The van der Waals surface area contributed by atoms with Crippen LogP contribution in [0.3, 0.4) is 0 Å². The number of benzene rings is 1. The largest absolute Gasteiger partial charge is 0.348 e. The third-order valence-electron chi connectivity index (χ3n) is 4.73. The first-order valence-electron chi connectivity index (χ1n) is 8.11. The fraction of sp³-hybridized carbons (Fsp3) is 0.444. The minimum absolute atomic E-state index is 0.110. The zero-order chi connectivity index (χ0) is 17.2. The lowest BCUT2D eigenvalue weighted by Crippen LogP contribution is -2.46. The summed E-state index contributed by atoms with van der Waals surface area (Å²) in [5.74, 6) is -1.40. The van der Waals surface area contributed by atoms with E-state index in [1.54, 1.807) is 0 Å². The van der Waals surface area contributed by atoms with Crippen molar-refractivity contribution >= 4 is 17.6 Å². The SMILES string of the molecule is N#CC1(CNC(=O)C(=O)[C@H]2CCC(=O)N2Cc2ccccc2)CC1. The fourth-order valence-corrected chi connectivity index (χ4v) is 2.95. The summed E-state index contributed by atoms with van der Waals surface area (Å²) in [7, 11) is 0. The molecule has 1 atom stereocenters. The van der Waals surface area contributed by atoms with Gasteiger partial charge in [0, 0.05) is 19.5 Å². The second kappa shape index (κ2) is 6.44. The first-order valence-corrected chi connectivity index (χ1v) is 8.11. The highest BCUT2D eigenvalue weighted by molar-refractivity contribution is 6.38. The molecule has 1 heterocycles. The summed E-state index contributed by atoms with van der Waals surface area (Å²) >= 11 is 0. The van der Waals surface area contributed by atoms with Crippen LogP contribution in [0.5, 0.6) is 0 Å². The first-order chi connectivity index (χ1) is 11.5. The van der Waals surface area contributed by atoms with Crippen molar-refractivity contribution in [3.8, 4) is 6.07 Å². The Morgan fingerprint density at radius 3 is 2.62 bits per heavy atom. The van der Waals surface area contributed by atoms with Crippen LogP contribution in [0, 0.1) is 16.7 Å². The van der Waals surface area contributed by atoms with E-state index in [0.717, 1.165) is 18.4 Å². The van der Waals surface area contributed by atoms with Gasteiger partial charge in [0.15, 0.2) is 0 Å². The molecule has 6 nitrogen and oxygen atoms in total. The molecule has 1 saturated heterocycles. The van der Waals surface area contributed by atoms with Crippen molar-refractivity contribution < 1.29 is 14.4 Å². The van der Waals surface area contributed by atoms with Gasteiger partial charge in [-0.15, -0.1) is 0 Å². The van der Waals surface area contributed by atoms with Crippen LogP contribution in [0.25, 0.3) is 0 Å². The molecule has 1 aliphatic heterocycles. The summed E-state index contributed by atoms with van der Waals surface area (Å²) in [6, 6.07) is 10.9. The predicted molar refractivity (Wildman–Crippen MR) is 85.3 cm³/mol. The lowest BCUT2D eigenvalue weighted by atomic mass is 10.1. The van der Waals surface area contributed by atoms with Gasteiger partial charge in [-0.25, -0.2) is 0 Å². The number of carbonyl (C=O) groups excluding carboxylic acids is 3. The molecule has 124 valence electrons. The molecule has 2 amide bonds. The fourth-order valence-electron chi connectivity index (χ4n) is 2.95. The van der Waals surface area contributed by atoms with Crippen molar-refractivity contribution in [1.82, 2.24) is 10.2 Å². The maximum atomic E-state index is 12.4. The molecular formula is C18H19N3O3. The van der Waals surface area contributed by atoms with Gasteiger partial charge in [-0.2, -0.15) is 5.26 Å². The smallest absolute Gasteiger partial charge is 0.289 e. The van der Waals surface area contributed by atoms with Crippen molar-refractivity contribution in [3.63, 3.8) is 0 Å². The Morgan fingerprint density at radius 2 is 2.00 bits per heavy atom. The summed E-state index contributed by atoms with van der Waals surface area (Å²) < 4.78 is 0. The van der Waals surface area contributed by atoms with Crippen LogP contribution >= 0.6 is 0 Å². The van der Waals surface area contributed by atoms with Gasteiger partial charge in [0.05, 0.1) is 11.5 Å². The van der Waals surface area contributed by atoms with E-state index in [2.05, 4.69) is 11.4 Å². The van der Waals surface area contributed by atoms with Gasteiger partial charge in [0.2, 0.25) is 11.7 Å². The van der Waals surface area contributed by atoms with E-state index in [9.17, 15) is 14.4 Å². The summed E-state index contributed by atoms with van der Waals surface area (Å²) in [6.45, 7) is 0.527.